The lowest BCUT2D eigenvalue weighted by molar-refractivity contribution is 0.618. The van der Waals surface area contributed by atoms with Gasteiger partial charge in [0.2, 0.25) is 5.89 Å². The highest BCUT2D eigenvalue weighted by Crippen LogP contribution is 2.30. The average molecular weight is 303 g/mol. The molecule has 0 saturated heterocycles. The number of anilines is 1. The Morgan fingerprint density at radius 1 is 1.17 bits per heavy atom. The molecule has 3 aromatic rings. The molecule has 0 amide bonds. The molecule has 3 nitrogen and oxygen atoms in total. The first-order chi connectivity index (χ1) is 8.63. The van der Waals surface area contributed by atoms with Gasteiger partial charge in [-0.05, 0) is 64.8 Å². The molecular weight excluding hydrogens is 292 g/mol. The first-order valence-corrected chi connectivity index (χ1v) is 6.35. The van der Waals surface area contributed by atoms with Gasteiger partial charge >= 0.3 is 0 Å². The molecule has 0 aliphatic heterocycles. The fourth-order valence-corrected chi connectivity index (χ4v) is 2.52. The van der Waals surface area contributed by atoms with Crippen LogP contribution in [0.25, 0.3) is 22.6 Å². The third-order valence-electron chi connectivity index (χ3n) is 2.75. The van der Waals surface area contributed by atoms with Crippen LogP contribution in [-0.4, -0.2) is 4.98 Å². The van der Waals surface area contributed by atoms with E-state index in [-0.39, 0.29) is 0 Å². The molecule has 0 radical (unpaired) electrons. The Hall–Kier alpha value is -1.81. The minimum atomic E-state index is 0.608. The normalized spacial score (nSPS) is 11.0. The molecule has 2 aromatic carbocycles. The van der Waals surface area contributed by atoms with Crippen LogP contribution in [0.4, 0.5) is 5.69 Å². The number of aromatic nitrogens is 1. The number of benzene rings is 2. The monoisotopic (exact) mass is 302 g/mol. The van der Waals surface area contributed by atoms with Crippen molar-refractivity contribution in [1.82, 2.24) is 4.98 Å². The van der Waals surface area contributed by atoms with E-state index in [0.29, 0.717) is 5.89 Å². The molecule has 4 heteroatoms. The quantitative estimate of drug-likeness (QED) is 0.687. The van der Waals surface area contributed by atoms with Gasteiger partial charge in [-0.2, -0.15) is 0 Å². The minimum absolute atomic E-state index is 0.608. The summed E-state index contributed by atoms with van der Waals surface area (Å²) in [6, 6.07) is 11.5. The van der Waals surface area contributed by atoms with Crippen molar-refractivity contribution in [3.8, 4) is 11.5 Å². The Morgan fingerprint density at radius 2 is 1.89 bits per heavy atom. The number of nitrogens with two attached hydrogens (primary N) is 1. The van der Waals surface area contributed by atoms with Crippen molar-refractivity contribution < 1.29 is 4.42 Å². The fourth-order valence-electron chi connectivity index (χ4n) is 1.87. The molecule has 0 unspecified atom stereocenters. The van der Waals surface area contributed by atoms with Gasteiger partial charge in [-0.1, -0.05) is 0 Å². The summed E-state index contributed by atoms with van der Waals surface area (Å²) in [5, 5.41) is 0. The summed E-state index contributed by atoms with van der Waals surface area (Å²) >= 11 is 3.49. The molecule has 0 atom stereocenters. The largest absolute Gasteiger partial charge is 0.435 e. The molecule has 90 valence electrons. The van der Waals surface area contributed by atoms with Gasteiger partial charge in [0.25, 0.3) is 0 Å². The van der Waals surface area contributed by atoms with Gasteiger partial charge in [-0.25, -0.2) is 4.98 Å². The Kier molecular flexibility index (Phi) is 2.59. The molecule has 1 aromatic heterocycles. The Morgan fingerprint density at radius 3 is 2.61 bits per heavy atom. The Bertz CT molecular complexity index is 716. The van der Waals surface area contributed by atoms with Gasteiger partial charge in [-0.3, -0.25) is 0 Å². The van der Waals surface area contributed by atoms with Crippen LogP contribution < -0.4 is 5.73 Å². The SMILES string of the molecule is Cc1cc(Br)c2oc(-c3ccc(N)cc3)nc2c1. The average Bonchev–Trinajstić information content (AvgIpc) is 2.74. The Balaban J connectivity index is 2.19. The van der Waals surface area contributed by atoms with E-state index in [4.69, 9.17) is 10.2 Å². The number of fused-ring (bicyclic) bond motifs is 1. The molecule has 18 heavy (non-hydrogen) atoms. The third-order valence-corrected chi connectivity index (χ3v) is 3.34. The number of nitrogen functional groups attached to an aromatic ring is 1. The molecule has 2 N–H and O–H groups in total. The second-order valence-electron chi connectivity index (χ2n) is 4.24. The minimum Gasteiger partial charge on any atom is -0.435 e. The van der Waals surface area contributed by atoms with E-state index in [0.717, 1.165) is 32.4 Å². The van der Waals surface area contributed by atoms with Crippen LogP contribution in [0.15, 0.2) is 45.3 Å². The molecule has 0 fully saturated rings. The summed E-state index contributed by atoms with van der Waals surface area (Å²) in [4.78, 5) is 4.50. The predicted molar refractivity (Wildman–Crippen MR) is 76.3 cm³/mol. The first kappa shape index (κ1) is 11.3. The first-order valence-electron chi connectivity index (χ1n) is 5.56. The summed E-state index contributed by atoms with van der Waals surface area (Å²) in [6.45, 7) is 2.03. The van der Waals surface area contributed by atoms with Gasteiger partial charge < -0.3 is 10.2 Å². The zero-order chi connectivity index (χ0) is 12.7. The highest BCUT2D eigenvalue weighted by Gasteiger charge is 2.11. The lowest BCUT2D eigenvalue weighted by atomic mass is 10.2. The zero-order valence-electron chi connectivity index (χ0n) is 9.77. The van der Waals surface area contributed by atoms with Crippen LogP contribution in [-0.2, 0) is 0 Å². The second kappa shape index (κ2) is 4.14. The zero-order valence-corrected chi connectivity index (χ0v) is 11.4. The van der Waals surface area contributed by atoms with E-state index < -0.39 is 0 Å². The van der Waals surface area contributed by atoms with Gasteiger partial charge in [-0.15, -0.1) is 0 Å². The van der Waals surface area contributed by atoms with E-state index >= 15 is 0 Å². The fraction of sp³-hybridized carbons (Fsp3) is 0.0714. The summed E-state index contributed by atoms with van der Waals surface area (Å²) < 4.78 is 6.70. The number of hydrogen-bond acceptors (Lipinski definition) is 3. The smallest absolute Gasteiger partial charge is 0.227 e. The third kappa shape index (κ3) is 1.88. The van der Waals surface area contributed by atoms with E-state index in [1.165, 1.54) is 0 Å². The van der Waals surface area contributed by atoms with Crippen molar-refractivity contribution in [3.63, 3.8) is 0 Å². The van der Waals surface area contributed by atoms with Crippen molar-refractivity contribution in [2.45, 2.75) is 6.92 Å². The highest BCUT2D eigenvalue weighted by molar-refractivity contribution is 9.10. The number of hydrogen-bond donors (Lipinski definition) is 1. The van der Waals surface area contributed by atoms with Crippen LogP contribution in [0.3, 0.4) is 0 Å². The molecular formula is C14H11BrN2O. The predicted octanol–water partition coefficient (Wildman–Crippen LogP) is 4.15. The van der Waals surface area contributed by atoms with Gasteiger partial charge in [0, 0.05) is 11.3 Å². The molecule has 1 heterocycles. The van der Waals surface area contributed by atoms with Gasteiger partial charge in [0.1, 0.15) is 5.52 Å². The molecule has 3 rings (SSSR count). The maximum atomic E-state index is 5.78. The maximum Gasteiger partial charge on any atom is 0.227 e. The highest BCUT2D eigenvalue weighted by atomic mass is 79.9. The molecule has 0 aliphatic carbocycles. The standard InChI is InChI=1S/C14H11BrN2O/c1-8-6-11(15)13-12(7-8)17-14(18-13)9-2-4-10(16)5-3-9/h2-7H,16H2,1H3. The van der Waals surface area contributed by atoms with Crippen LogP contribution in [0.5, 0.6) is 0 Å². The summed E-state index contributed by atoms with van der Waals surface area (Å²) in [6.07, 6.45) is 0. The molecule has 0 aliphatic rings. The van der Waals surface area contributed by atoms with Crippen LogP contribution in [0.2, 0.25) is 0 Å². The van der Waals surface area contributed by atoms with Crippen LogP contribution >= 0.6 is 15.9 Å². The molecule has 0 bridgehead atoms. The topological polar surface area (TPSA) is 52.0 Å². The van der Waals surface area contributed by atoms with Gasteiger partial charge in [0.15, 0.2) is 5.58 Å². The molecule has 0 saturated carbocycles. The number of nitrogens with zero attached hydrogens (tertiary/aromatic N) is 1. The number of oxazole rings is 1. The molecule has 0 spiro atoms. The lowest BCUT2D eigenvalue weighted by Gasteiger charge is -1.95. The Labute approximate surface area is 113 Å². The van der Waals surface area contributed by atoms with Crippen molar-refractivity contribution in [3.05, 3.63) is 46.4 Å². The van der Waals surface area contributed by atoms with Crippen molar-refractivity contribution in [2.24, 2.45) is 0 Å². The van der Waals surface area contributed by atoms with E-state index in [1.54, 1.807) is 0 Å². The summed E-state index contributed by atoms with van der Waals surface area (Å²) in [5.41, 5.74) is 10.1. The summed E-state index contributed by atoms with van der Waals surface area (Å²) in [7, 11) is 0. The van der Waals surface area contributed by atoms with E-state index in [9.17, 15) is 0 Å². The van der Waals surface area contributed by atoms with E-state index in [2.05, 4.69) is 20.9 Å². The van der Waals surface area contributed by atoms with Crippen LogP contribution in [0, 0.1) is 6.92 Å². The maximum absolute atomic E-state index is 5.78. The van der Waals surface area contributed by atoms with Gasteiger partial charge in [0.05, 0.1) is 4.47 Å². The van der Waals surface area contributed by atoms with Crippen LogP contribution in [0.1, 0.15) is 5.56 Å². The summed E-state index contributed by atoms with van der Waals surface area (Å²) in [5.74, 6) is 0.608. The van der Waals surface area contributed by atoms with Crippen molar-refractivity contribution in [2.75, 3.05) is 5.73 Å². The van der Waals surface area contributed by atoms with E-state index in [1.807, 2.05) is 43.3 Å². The second-order valence-corrected chi connectivity index (χ2v) is 5.09. The number of rotatable bonds is 1. The lowest BCUT2D eigenvalue weighted by Crippen LogP contribution is -1.83. The number of halogens is 1. The van der Waals surface area contributed by atoms with Crippen molar-refractivity contribution >= 4 is 32.7 Å². The number of aryl methyl sites for hydroxylation is 1. The van der Waals surface area contributed by atoms with Crippen molar-refractivity contribution in [1.29, 1.82) is 0 Å².